The SMILES string of the molecule is COc1ccc(S(=O)(=O)N2CCN(C3CCNC3)CC2)cc1OC.Cl. The molecule has 2 heterocycles. The second-order valence-electron chi connectivity index (χ2n) is 6.10. The molecule has 0 amide bonds. The van der Waals surface area contributed by atoms with Crippen molar-refractivity contribution in [3.63, 3.8) is 0 Å². The van der Waals surface area contributed by atoms with Gasteiger partial charge in [-0.15, -0.1) is 12.4 Å². The Labute approximate surface area is 155 Å². The van der Waals surface area contributed by atoms with Crippen LogP contribution in [-0.2, 0) is 10.0 Å². The summed E-state index contributed by atoms with van der Waals surface area (Å²) in [5.41, 5.74) is 0. The van der Waals surface area contributed by atoms with Crippen molar-refractivity contribution in [1.82, 2.24) is 14.5 Å². The maximum absolute atomic E-state index is 12.9. The van der Waals surface area contributed by atoms with Crippen LogP contribution in [-0.4, -0.2) is 77.2 Å². The van der Waals surface area contributed by atoms with Crippen LogP contribution < -0.4 is 14.8 Å². The first-order valence-corrected chi connectivity index (χ1v) is 9.67. The molecule has 0 aromatic heterocycles. The number of nitrogens with one attached hydrogen (secondary N) is 1. The van der Waals surface area contributed by atoms with Gasteiger partial charge < -0.3 is 14.8 Å². The summed E-state index contributed by atoms with van der Waals surface area (Å²) in [6.07, 6.45) is 1.14. The van der Waals surface area contributed by atoms with Crippen molar-refractivity contribution in [2.75, 3.05) is 53.5 Å². The van der Waals surface area contributed by atoms with Crippen LogP contribution in [0.4, 0.5) is 0 Å². The second-order valence-corrected chi connectivity index (χ2v) is 8.04. The lowest BCUT2D eigenvalue weighted by Crippen LogP contribution is -2.52. The van der Waals surface area contributed by atoms with E-state index in [-0.39, 0.29) is 17.3 Å². The fourth-order valence-electron chi connectivity index (χ4n) is 3.39. The number of halogens is 1. The van der Waals surface area contributed by atoms with Gasteiger partial charge in [0.15, 0.2) is 11.5 Å². The summed E-state index contributed by atoms with van der Waals surface area (Å²) < 4.78 is 37.7. The summed E-state index contributed by atoms with van der Waals surface area (Å²) in [6.45, 7) is 4.65. The minimum absolute atomic E-state index is 0. The molecule has 0 bridgehead atoms. The summed E-state index contributed by atoms with van der Waals surface area (Å²) in [6, 6.07) is 5.27. The van der Waals surface area contributed by atoms with Gasteiger partial charge in [-0.25, -0.2) is 8.42 Å². The molecule has 1 atom stereocenters. The summed E-state index contributed by atoms with van der Waals surface area (Å²) in [7, 11) is -0.478. The highest BCUT2D eigenvalue weighted by molar-refractivity contribution is 7.89. The number of hydrogen-bond acceptors (Lipinski definition) is 6. The maximum atomic E-state index is 12.9. The average molecular weight is 392 g/mol. The number of benzene rings is 1. The Morgan fingerprint density at radius 3 is 2.32 bits per heavy atom. The molecule has 1 N–H and O–H groups in total. The molecule has 2 aliphatic rings. The molecule has 3 rings (SSSR count). The summed E-state index contributed by atoms with van der Waals surface area (Å²) in [4.78, 5) is 2.64. The third-order valence-corrected chi connectivity index (χ3v) is 6.71. The predicted molar refractivity (Wildman–Crippen MR) is 98.4 cm³/mol. The molecule has 1 aromatic carbocycles. The molecule has 7 nitrogen and oxygen atoms in total. The summed E-state index contributed by atoms with van der Waals surface area (Å²) in [5.74, 6) is 0.948. The second kappa shape index (κ2) is 8.55. The first-order valence-electron chi connectivity index (χ1n) is 8.23. The molecule has 0 saturated carbocycles. The molecule has 1 aromatic rings. The lowest BCUT2D eigenvalue weighted by molar-refractivity contribution is 0.145. The third-order valence-electron chi connectivity index (χ3n) is 4.82. The van der Waals surface area contributed by atoms with Crippen LogP contribution in [0.2, 0.25) is 0 Å². The van der Waals surface area contributed by atoms with E-state index >= 15 is 0 Å². The van der Waals surface area contributed by atoms with Crippen LogP contribution in [0, 0.1) is 0 Å². The topological polar surface area (TPSA) is 71.1 Å². The molecule has 1 unspecified atom stereocenters. The number of piperazine rings is 1. The quantitative estimate of drug-likeness (QED) is 0.800. The monoisotopic (exact) mass is 391 g/mol. The van der Waals surface area contributed by atoms with Crippen molar-refractivity contribution in [3.8, 4) is 11.5 Å². The zero-order chi connectivity index (χ0) is 17.2. The van der Waals surface area contributed by atoms with Gasteiger partial charge in [-0.3, -0.25) is 4.90 Å². The standard InChI is InChI=1S/C16H25N3O4S.ClH/c1-22-15-4-3-14(11-16(15)23-2)24(20,21)19-9-7-18(8-10-19)13-5-6-17-12-13;/h3-4,11,13,17H,5-10,12H2,1-2H3;1H. The highest BCUT2D eigenvalue weighted by Gasteiger charge is 2.32. The Bertz CT molecular complexity index is 672. The number of hydrogen-bond donors (Lipinski definition) is 1. The number of rotatable bonds is 5. The van der Waals surface area contributed by atoms with Crippen LogP contribution >= 0.6 is 12.4 Å². The minimum Gasteiger partial charge on any atom is -0.493 e. The highest BCUT2D eigenvalue weighted by atomic mass is 35.5. The van der Waals surface area contributed by atoms with Crippen molar-refractivity contribution in [1.29, 1.82) is 0 Å². The van der Waals surface area contributed by atoms with Gasteiger partial charge in [-0.05, 0) is 25.1 Å². The molecule has 9 heteroatoms. The Kier molecular flexibility index (Phi) is 6.93. The first kappa shape index (κ1) is 20.3. The zero-order valence-electron chi connectivity index (χ0n) is 14.6. The molecule has 0 radical (unpaired) electrons. The fraction of sp³-hybridized carbons (Fsp3) is 0.625. The third kappa shape index (κ3) is 4.20. The van der Waals surface area contributed by atoms with Crippen LogP contribution in [0.25, 0.3) is 0 Å². The normalized spacial score (nSPS) is 22.4. The van der Waals surface area contributed by atoms with Crippen molar-refractivity contribution in [2.24, 2.45) is 0 Å². The molecule has 142 valence electrons. The largest absolute Gasteiger partial charge is 0.493 e. The number of nitrogens with zero attached hydrogens (tertiary/aromatic N) is 2. The Morgan fingerprint density at radius 1 is 1.08 bits per heavy atom. The molecule has 0 aliphatic carbocycles. The summed E-state index contributed by atoms with van der Waals surface area (Å²) in [5, 5.41) is 3.36. The lowest BCUT2D eigenvalue weighted by Gasteiger charge is -2.37. The van der Waals surface area contributed by atoms with Crippen LogP contribution in [0.5, 0.6) is 11.5 Å². The molecule has 25 heavy (non-hydrogen) atoms. The van der Waals surface area contributed by atoms with Gasteiger partial charge >= 0.3 is 0 Å². The van der Waals surface area contributed by atoms with Gasteiger partial charge in [-0.2, -0.15) is 4.31 Å². The van der Waals surface area contributed by atoms with E-state index in [1.54, 1.807) is 16.4 Å². The molecule has 2 saturated heterocycles. The van der Waals surface area contributed by atoms with E-state index in [2.05, 4.69) is 10.2 Å². The van der Waals surface area contributed by atoms with Crippen molar-refractivity contribution in [2.45, 2.75) is 17.4 Å². The van der Waals surface area contributed by atoms with E-state index in [1.807, 2.05) is 0 Å². The number of ether oxygens (including phenoxy) is 2. The van der Waals surface area contributed by atoms with Crippen LogP contribution in [0.15, 0.2) is 23.1 Å². The highest BCUT2D eigenvalue weighted by Crippen LogP contribution is 2.31. The minimum atomic E-state index is -3.51. The van der Waals surface area contributed by atoms with Gasteiger partial charge in [-0.1, -0.05) is 0 Å². The molecular weight excluding hydrogens is 366 g/mol. The zero-order valence-corrected chi connectivity index (χ0v) is 16.2. The van der Waals surface area contributed by atoms with Crippen LogP contribution in [0.1, 0.15) is 6.42 Å². The first-order chi connectivity index (χ1) is 11.6. The Morgan fingerprint density at radius 2 is 1.76 bits per heavy atom. The summed E-state index contributed by atoms with van der Waals surface area (Å²) >= 11 is 0. The predicted octanol–water partition coefficient (Wildman–Crippen LogP) is 0.794. The van der Waals surface area contributed by atoms with E-state index in [9.17, 15) is 8.42 Å². The van der Waals surface area contributed by atoms with E-state index in [0.29, 0.717) is 30.6 Å². The van der Waals surface area contributed by atoms with Gasteiger partial charge in [0, 0.05) is 44.8 Å². The molecular formula is C16H26ClN3O4S. The van der Waals surface area contributed by atoms with Crippen molar-refractivity contribution in [3.05, 3.63) is 18.2 Å². The smallest absolute Gasteiger partial charge is 0.243 e. The van der Waals surface area contributed by atoms with E-state index in [0.717, 1.165) is 32.6 Å². The Hall–Kier alpha value is -1.06. The van der Waals surface area contributed by atoms with E-state index in [4.69, 9.17) is 9.47 Å². The molecule has 2 fully saturated rings. The van der Waals surface area contributed by atoms with Crippen LogP contribution in [0.3, 0.4) is 0 Å². The fourth-order valence-corrected chi connectivity index (χ4v) is 4.82. The van der Waals surface area contributed by atoms with E-state index in [1.165, 1.54) is 20.3 Å². The van der Waals surface area contributed by atoms with Gasteiger partial charge in [0.05, 0.1) is 19.1 Å². The average Bonchev–Trinajstić information content (AvgIpc) is 3.15. The van der Waals surface area contributed by atoms with Crippen molar-refractivity contribution >= 4 is 22.4 Å². The maximum Gasteiger partial charge on any atom is 0.243 e. The van der Waals surface area contributed by atoms with Gasteiger partial charge in [0.25, 0.3) is 0 Å². The molecule has 0 spiro atoms. The van der Waals surface area contributed by atoms with Gasteiger partial charge in [0.2, 0.25) is 10.0 Å². The number of methoxy groups -OCH3 is 2. The van der Waals surface area contributed by atoms with Crippen molar-refractivity contribution < 1.29 is 17.9 Å². The van der Waals surface area contributed by atoms with Gasteiger partial charge in [0.1, 0.15) is 0 Å². The Balaban J connectivity index is 0.00000225. The molecule has 2 aliphatic heterocycles. The number of sulfonamides is 1. The lowest BCUT2D eigenvalue weighted by atomic mass is 10.2. The van der Waals surface area contributed by atoms with E-state index < -0.39 is 10.0 Å².